The molecule has 0 spiro atoms. The molecule has 120 valence electrons. The van der Waals surface area contributed by atoms with Crippen molar-refractivity contribution in [3.05, 3.63) is 35.6 Å². The van der Waals surface area contributed by atoms with Crippen LogP contribution in [0, 0.1) is 11.7 Å². The van der Waals surface area contributed by atoms with Gasteiger partial charge in [-0.15, -0.1) is 0 Å². The number of hydrogen-bond donors (Lipinski definition) is 1. The van der Waals surface area contributed by atoms with Crippen LogP contribution in [0.5, 0.6) is 0 Å². The van der Waals surface area contributed by atoms with Crippen molar-refractivity contribution in [2.24, 2.45) is 5.92 Å². The minimum Gasteiger partial charge on any atom is -0.453 e. The Kier molecular flexibility index (Phi) is 5.75. The average molecular weight is 308 g/mol. The number of benzene rings is 1. The molecule has 0 aromatic heterocycles. The van der Waals surface area contributed by atoms with Crippen LogP contribution >= 0.6 is 0 Å². The fraction of sp³-hybridized carbons (Fsp3) is 0.500. The fourth-order valence-corrected chi connectivity index (χ4v) is 2.62. The molecule has 1 aromatic rings. The Morgan fingerprint density at radius 3 is 2.64 bits per heavy atom. The van der Waals surface area contributed by atoms with Gasteiger partial charge in [0, 0.05) is 25.6 Å². The van der Waals surface area contributed by atoms with Crippen LogP contribution in [0.4, 0.5) is 9.18 Å². The van der Waals surface area contributed by atoms with E-state index in [-0.39, 0.29) is 23.7 Å². The molecular weight excluding hydrogens is 287 g/mol. The van der Waals surface area contributed by atoms with Gasteiger partial charge in [-0.2, -0.15) is 0 Å². The zero-order valence-corrected chi connectivity index (χ0v) is 12.7. The molecule has 0 radical (unpaired) electrons. The van der Waals surface area contributed by atoms with Gasteiger partial charge < -0.3 is 15.0 Å². The molecule has 0 unspecified atom stereocenters. The van der Waals surface area contributed by atoms with Crippen molar-refractivity contribution >= 4 is 12.0 Å². The van der Waals surface area contributed by atoms with Crippen molar-refractivity contribution in [1.29, 1.82) is 0 Å². The normalized spacial score (nSPS) is 15.5. The largest absolute Gasteiger partial charge is 0.453 e. The van der Waals surface area contributed by atoms with Gasteiger partial charge in [-0.3, -0.25) is 4.79 Å². The van der Waals surface area contributed by atoms with E-state index in [1.54, 1.807) is 23.1 Å². The lowest BCUT2D eigenvalue weighted by atomic mass is 9.96. The van der Waals surface area contributed by atoms with E-state index in [1.165, 1.54) is 13.2 Å². The third kappa shape index (κ3) is 4.19. The van der Waals surface area contributed by atoms with Crippen molar-refractivity contribution in [2.75, 3.05) is 26.7 Å². The summed E-state index contributed by atoms with van der Waals surface area (Å²) < 4.78 is 18.1. The molecule has 0 atom stereocenters. The number of nitrogens with one attached hydrogen (secondary N) is 1. The molecule has 0 bridgehead atoms. The predicted octanol–water partition coefficient (Wildman–Crippen LogP) is 1.96. The topological polar surface area (TPSA) is 58.6 Å². The Morgan fingerprint density at radius 2 is 2.00 bits per heavy atom. The summed E-state index contributed by atoms with van der Waals surface area (Å²) in [5.74, 6) is -0.370. The number of methoxy groups -OCH3 is 1. The third-order valence-electron chi connectivity index (χ3n) is 3.95. The Morgan fingerprint density at radius 1 is 1.32 bits per heavy atom. The van der Waals surface area contributed by atoms with Crippen LogP contribution < -0.4 is 5.32 Å². The number of halogens is 1. The van der Waals surface area contributed by atoms with Crippen LogP contribution in [0.15, 0.2) is 24.3 Å². The smallest absolute Gasteiger partial charge is 0.409 e. The quantitative estimate of drug-likeness (QED) is 0.925. The van der Waals surface area contributed by atoms with Gasteiger partial charge in [0.2, 0.25) is 5.91 Å². The average Bonchev–Trinajstić information content (AvgIpc) is 2.56. The first-order chi connectivity index (χ1) is 10.6. The molecule has 5 nitrogen and oxygen atoms in total. The molecule has 2 rings (SSSR count). The van der Waals surface area contributed by atoms with Gasteiger partial charge in [0.15, 0.2) is 0 Å². The van der Waals surface area contributed by atoms with Crippen LogP contribution in [0.3, 0.4) is 0 Å². The molecule has 1 N–H and O–H groups in total. The highest BCUT2D eigenvalue weighted by Crippen LogP contribution is 2.18. The van der Waals surface area contributed by atoms with E-state index in [9.17, 15) is 14.0 Å². The summed E-state index contributed by atoms with van der Waals surface area (Å²) >= 11 is 0. The summed E-state index contributed by atoms with van der Waals surface area (Å²) in [5, 5.41) is 2.85. The van der Waals surface area contributed by atoms with Gasteiger partial charge in [0.05, 0.1) is 7.11 Å². The number of carbonyl (C=O) groups is 2. The molecule has 1 aliphatic rings. The summed E-state index contributed by atoms with van der Waals surface area (Å²) in [5.41, 5.74) is 0.600. The van der Waals surface area contributed by atoms with E-state index in [2.05, 4.69) is 10.1 Å². The summed E-state index contributed by atoms with van der Waals surface area (Å²) in [6, 6.07) is 6.56. The highest BCUT2D eigenvalue weighted by Gasteiger charge is 2.27. The minimum atomic E-state index is -0.349. The fourth-order valence-electron chi connectivity index (χ4n) is 2.62. The van der Waals surface area contributed by atoms with E-state index < -0.39 is 0 Å². The van der Waals surface area contributed by atoms with Crippen LogP contribution in [-0.2, 0) is 16.0 Å². The Balaban J connectivity index is 1.72. The van der Waals surface area contributed by atoms with Gasteiger partial charge >= 0.3 is 6.09 Å². The second kappa shape index (κ2) is 7.77. The number of carbonyl (C=O) groups excluding carboxylic acids is 2. The lowest BCUT2D eigenvalue weighted by Crippen LogP contribution is -2.43. The maximum atomic E-state index is 13.5. The minimum absolute atomic E-state index is 0.0270. The monoisotopic (exact) mass is 308 g/mol. The lowest BCUT2D eigenvalue weighted by Gasteiger charge is -2.30. The SMILES string of the molecule is COC(=O)N1CCC(C(=O)NCCc2ccccc2F)CC1. The van der Waals surface area contributed by atoms with E-state index in [1.807, 2.05) is 0 Å². The van der Waals surface area contributed by atoms with Gasteiger partial charge in [0.25, 0.3) is 0 Å². The highest BCUT2D eigenvalue weighted by atomic mass is 19.1. The van der Waals surface area contributed by atoms with Crippen LogP contribution in [0.25, 0.3) is 0 Å². The molecule has 0 saturated carbocycles. The molecule has 1 aliphatic heterocycles. The highest BCUT2D eigenvalue weighted by molar-refractivity contribution is 5.79. The van der Waals surface area contributed by atoms with Crippen molar-refractivity contribution in [3.8, 4) is 0 Å². The van der Waals surface area contributed by atoms with E-state index in [4.69, 9.17) is 0 Å². The molecular formula is C16H21FN2O3. The van der Waals surface area contributed by atoms with E-state index in [0.717, 1.165) is 0 Å². The number of ether oxygens (including phenoxy) is 1. The van der Waals surface area contributed by atoms with Crippen molar-refractivity contribution in [2.45, 2.75) is 19.3 Å². The molecule has 2 amide bonds. The summed E-state index contributed by atoms with van der Waals surface area (Å²) in [6.45, 7) is 1.47. The van der Waals surface area contributed by atoms with Crippen LogP contribution in [0.1, 0.15) is 18.4 Å². The first kappa shape index (κ1) is 16.3. The first-order valence-corrected chi connectivity index (χ1v) is 7.46. The lowest BCUT2D eigenvalue weighted by molar-refractivity contribution is -0.126. The van der Waals surface area contributed by atoms with Crippen molar-refractivity contribution < 1.29 is 18.7 Å². The standard InChI is InChI=1S/C16H21FN2O3/c1-22-16(21)19-10-7-13(8-11-19)15(20)18-9-6-12-4-2-3-5-14(12)17/h2-5,13H,6-11H2,1H3,(H,18,20). The van der Waals surface area contributed by atoms with Crippen LogP contribution in [-0.4, -0.2) is 43.6 Å². The zero-order valence-electron chi connectivity index (χ0n) is 12.7. The molecule has 22 heavy (non-hydrogen) atoms. The zero-order chi connectivity index (χ0) is 15.9. The second-order valence-corrected chi connectivity index (χ2v) is 5.36. The molecule has 0 aliphatic carbocycles. The number of likely N-dealkylation sites (tertiary alicyclic amines) is 1. The van der Waals surface area contributed by atoms with Gasteiger partial charge in [-0.25, -0.2) is 9.18 Å². The molecule has 1 saturated heterocycles. The maximum absolute atomic E-state index is 13.5. The van der Waals surface area contributed by atoms with Gasteiger partial charge in [-0.05, 0) is 30.9 Å². The summed E-state index contributed by atoms with van der Waals surface area (Å²) in [6.07, 6.45) is 1.37. The van der Waals surface area contributed by atoms with Crippen LogP contribution in [0.2, 0.25) is 0 Å². The number of rotatable bonds is 4. The Hall–Kier alpha value is -2.11. The maximum Gasteiger partial charge on any atom is 0.409 e. The first-order valence-electron chi connectivity index (χ1n) is 7.46. The Labute approximate surface area is 129 Å². The molecule has 1 fully saturated rings. The van der Waals surface area contributed by atoms with Gasteiger partial charge in [-0.1, -0.05) is 18.2 Å². The number of amides is 2. The number of piperidine rings is 1. The second-order valence-electron chi connectivity index (χ2n) is 5.36. The molecule has 1 heterocycles. The third-order valence-corrected chi connectivity index (χ3v) is 3.95. The predicted molar refractivity (Wildman–Crippen MR) is 79.8 cm³/mol. The number of hydrogen-bond acceptors (Lipinski definition) is 3. The number of nitrogens with zero attached hydrogens (tertiary/aromatic N) is 1. The van der Waals surface area contributed by atoms with Crippen molar-refractivity contribution in [3.63, 3.8) is 0 Å². The van der Waals surface area contributed by atoms with Crippen molar-refractivity contribution in [1.82, 2.24) is 10.2 Å². The summed E-state index contributed by atoms with van der Waals surface area (Å²) in [4.78, 5) is 25.1. The molecule has 6 heteroatoms. The summed E-state index contributed by atoms with van der Waals surface area (Å²) in [7, 11) is 1.35. The van der Waals surface area contributed by atoms with Gasteiger partial charge in [0.1, 0.15) is 5.82 Å². The molecule has 1 aromatic carbocycles. The Bertz CT molecular complexity index is 528. The van der Waals surface area contributed by atoms with E-state index in [0.29, 0.717) is 44.5 Å². The van der Waals surface area contributed by atoms with E-state index >= 15 is 0 Å².